The van der Waals surface area contributed by atoms with Crippen molar-refractivity contribution in [2.24, 2.45) is 7.05 Å². The quantitative estimate of drug-likeness (QED) is 0.697. The van der Waals surface area contributed by atoms with Gasteiger partial charge >= 0.3 is 0 Å². The zero-order valence-electron chi connectivity index (χ0n) is 11.3. The number of nitrogens with zero attached hydrogens (tertiary/aromatic N) is 2. The van der Waals surface area contributed by atoms with Crippen LogP contribution >= 0.6 is 0 Å². The van der Waals surface area contributed by atoms with Crippen LogP contribution in [0, 0.1) is 6.92 Å². The number of hydrogen-bond donors (Lipinski definition) is 0. The standard InChI is InChI=1S/C16H16N2O/c1-11-7-8-15-14(9-11)17-16(18(15)2)12-5-4-6-13(10-12)19-3/h4-10H,1-3H3. The van der Waals surface area contributed by atoms with Crippen molar-refractivity contribution in [1.29, 1.82) is 0 Å². The molecule has 3 nitrogen and oxygen atoms in total. The molecule has 3 rings (SSSR count). The maximum atomic E-state index is 5.27. The molecule has 96 valence electrons. The lowest BCUT2D eigenvalue weighted by atomic mass is 10.2. The smallest absolute Gasteiger partial charge is 0.140 e. The number of fused-ring (bicyclic) bond motifs is 1. The van der Waals surface area contributed by atoms with Crippen LogP contribution in [0.5, 0.6) is 5.75 Å². The van der Waals surface area contributed by atoms with Crippen LogP contribution in [0.1, 0.15) is 5.56 Å². The monoisotopic (exact) mass is 252 g/mol. The highest BCUT2D eigenvalue weighted by atomic mass is 16.5. The van der Waals surface area contributed by atoms with Gasteiger partial charge in [-0.25, -0.2) is 4.98 Å². The zero-order valence-corrected chi connectivity index (χ0v) is 11.3. The van der Waals surface area contributed by atoms with Gasteiger partial charge in [0.25, 0.3) is 0 Å². The van der Waals surface area contributed by atoms with E-state index in [9.17, 15) is 0 Å². The lowest BCUT2D eigenvalue weighted by Gasteiger charge is -2.04. The average Bonchev–Trinajstić information content (AvgIpc) is 2.75. The Balaban J connectivity index is 2.21. The fraction of sp³-hybridized carbons (Fsp3) is 0.188. The molecule has 3 aromatic rings. The van der Waals surface area contributed by atoms with Crippen LogP contribution in [0.3, 0.4) is 0 Å². The van der Waals surface area contributed by atoms with Crippen LogP contribution in [0.2, 0.25) is 0 Å². The number of aryl methyl sites for hydroxylation is 2. The van der Waals surface area contributed by atoms with E-state index in [0.29, 0.717) is 0 Å². The lowest BCUT2D eigenvalue weighted by Crippen LogP contribution is -1.93. The molecule has 0 aliphatic rings. The minimum Gasteiger partial charge on any atom is -0.497 e. The van der Waals surface area contributed by atoms with Crippen molar-refractivity contribution in [2.45, 2.75) is 6.92 Å². The van der Waals surface area contributed by atoms with Crippen LogP contribution < -0.4 is 4.74 Å². The second kappa shape index (κ2) is 4.43. The highest BCUT2D eigenvalue weighted by molar-refractivity contribution is 5.81. The predicted octanol–water partition coefficient (Wildman–Crippen LogP) is 3.56. The fourth-order valence-electron chi connectivity index (χ4n) is 2.33. The maximum absolute atomic E-state index is 5.27. The topological polar surface area (TPSA) is 27.1 Å². The first kappa shape index (κ1) is 11.8. The van der Waals surface area contributed by atoms with Crippen molar-refractivity contribution in [3.05, 3.63) is 48.0 Å². The Kier molecular flexibility index (Phi) is 2.75. The average molecular weight is 252 g/mol. The zero-order chi connectivity index (χ0) is 13.4. The summed E-state index contributed by atoms with van der Waals surface area (Å²) >= 11 is 0. The molecule has 0 bridgehead atoms. The number of methoxy groups -OCH3 is 1. The van der Waals surface area contributed by atoms with Gasteiger partial charge in [-0.1, -0.05) is 18.2 Å². The summed E-state index contributed by atoms with van der Waals surface area (Å²) in [4.78, 5) is 4.73. The van der Waals surface area contributed by atoms with Crippen LogP contribution in [0.4, 0.5) is 0 Å². The van der Waals surface area contributed by atoms with Crippen molar-refractivity contribution >= 4 is 11.0 Å². The van der Waals surface area contributed by atoms with E-state index in [1.807, 2.05) is 25.2 Å². The van der Waals surface area contributed by atoms with Gasteiger partial charge in [-0.3, -0.25) is 0 Å². The third-order valence-electron chi connectivity index (χ3n) is 3.36. The fourth-order valence-corrected chi connectivity index (χ4v) is 2.33. The molecule has 0 saturated heterocycles. The second-order valence-electron chi connectivity index (χ2n) is 4.72. The van der Waals surface area contributed by atoms with Gasteiger partial charge in [0.15, 0.2) is 0 Å². The molecule has 0 N–H and O–H groups in total. The van der Waals surface area contributed by atoms with Crippen molar-refractivity contribution in [1.82, 2.24) is 9.55 Å². The van der Waals surface area contributed by atoms with E-state index in [4.69, 9.17) is 9.72 Å². The van der Waals surface area contributed by atoms with Crippen LogP contribution in [0.25, 0.3) is 22.4 Å². The number of hydrogen-bond acceptors (Lipinski definition) is 2. The molecule has 0 unspecified atom stereocenters. The molecule has 0 fully saturated rings. The predicted molar refractivity (Wildman–Crippen MR) is 77.4 cm³/mol. The molecule has 3 heteroatoms. The summed E-state index contributed by atoms with van der Waals surface area (Å²) in [5.41, 5.74) is 4.46. The Morgan fingerprint density at radius 1 is 1.11 bits per heavy atom. The summed E-state index contributed by atoms with van der Waals surface area (Å²) in [5, 5.41) is 0. The lowest BCUT2D eigenvalue weighted by molar-refractivity contribution is 0.415. The van der Waals surface area contributed by atoms with Crippen LogP contribution in [-0.4, -0.2) is 16.7 Å². The summed E-state index contributed by atoms with van der Waals surface area (Å²) < 4.78 is 7.39. The van der Waals surface area contributed by atoms with Crippen molar-refractivity contribution in [3.8, 4) is 17.1 Å². The van der Waals surface area contributed by atoms with Gasteiger partial charge in [-0.15, -0.1) is 0 Å². The molecule has 0 aliphatic carbocycles. The van der Waals surface area contributed by atoms with E-state index in [2.05, 4.69) is 35.8 Å². The van der Waals surface area contributed by atoms with Gasteiger partial charge in [0.05, 0.1) is 18.1 Å². The molecule has 0 atom stereocenters. The second-order valence-corrected chi connectivity index (χ2v) is 4.72. The van der Waals surface area contributed by atoms with Gasteiger partial charge in [-0.2, -0.15) is 0 Å². The first-order chi connectivity index (χ1) is 9.19. The number of aromatic nitrogens is 2. The van der Waals surface area contributed by atoms with E-state index in [1.54, 1.807) is 7.11 Å². The molecule has 0 radical (unpaired) electrons. The van der Waals surface area contributed by atoms with Gasteiger partial charge in [0.2, 0.25) is 0 Å². The molecule has 0 aliphatic heterocycles. The van der Waals surface area contributed by atoms with Crippen molar-refractivity contribution < 1.29 is 4.74 Å². The molecule has 0 amide bonds. The van der Waals surface area contributed by atoms with Crippen LogP contribution in [-0.2, 0) is 7.05 Å². The van der Waals surface area contributed by atoms with Gasteiger partial charge in [0, 0.05) is 12.6 Å². The van der Waals surface area contributed by atoms with E-state index in [1.165, 1.54) is 5.56 Å². The van der Waals surface area contributed by atoms with Crippen LogP contribution in [0.15, 0.2) is 42.5 Å². The Labute approximate surface area is 112 Å². The highest BCUT2D eigenvalue weighted by Gasteiger charge is 2.10. The Morgan fingerprint density at radius 3 is 2.74 bits per heavy atom. The van der Waals surface area contributed by atoms with E-state index in [-0.39, 0.29) is 0 Å². The van der Waals surface area contributed by atoms with E-state index < -0.39 is 0 Å². The number of ether oxygens (including phenoxy) is 1. The van der Waals surface area contributed by atoms with Gasteiger partial charge in [-0.05, 0) is 36.8 Å². The minimum absolute atomic E-state index is 0.848. The normalized spacial score (nSPS) is 10.9. The van der Waals surface area contributed by atoms with Gasteiger partial charge < -0.3 is 9.30 Å². The Hall–Kier alpha value is -2.29. The maximum Gasteiger partial charge on any atom is 0.140 e. The molecule has 1 aromatic heterocycles. The summed E-state index contributed by atoms with van der Waals surface area (Å²) in [5.74, 6) is 1.81. The molecule has 2 aromatic carbocycles. The first-order valence-corrected chi connectivity index (χ1v) is 6.26. The molecule has 1 heterocycles. The van der Waals surface area contributed by atoms with Crippen molar-refractivity contribution in [2.75, 3.05) is 7.11 Å². The molecular weight excluding hydrogens is 236 g/mol. The molecule has 19 heavy (non-hydrogen) atoms. The molecule has 0 spiro atoms. The summed E-state index contributed by atoms with van der Waals surface area (Å²) in [6.07, 6.45) is 0. The van der Waals surface area contributed by atoms with Gasteiger partial charge in [0.1, 0.15) is 11.6 Å². The summed E-state index contributed by atoms with van der Waals surface area (Å²) in [6.45, 7) is 2.08. The highest BCUT2D eigenvalue weighted by Crippen LogP contribution is 2.26. The van der Waals surface area contributed by atoms with E-state index >= 15 is 0 Å². The number of imidazole rings is 1. The summed E-state index contributed by atoms with van der Waals surface area (Å²) in [6, 6.07) is 14.3. The Bertz CT molecular complexity index is 744. The summed E-state index contributed by atoms with van der Waals surface area (Å²) in [7, 11) is 3.72. The van der Waals surface area contributed by atoms with Crippen molar-refractivity contribution in [3.63, 3.8) is 0 Å². The number of benzene rings is 2. The third-order valence-corrected chi connectivity index (χ3v) is 3.36. The Morgan fingerprint density at radius 2 is 1.95 bits per heavy atom. The first-order valence-electron chi connectivity index (χ1n) is 6.26. The largest absolute Gasteiger partial charge is 0.497 e. The third kappa shape index (κ3) is 1.97. The minimum atomic E-state index is 0.848. The molecule has 0 saturated carbocycles. The van der Waals surface area contributed by atoms with E-state index in [0.717, 1.165) is 28.2 Å². The number of rotatable bonds is 2. The molecular formula is C16H16N2O. The SMILES string of the molecule is COc1cccc(-c2nc3cc(C)ccc3n2C)c1.